The SMILES string of the molecule is COCCCCOc1ccccc1C(=O)NC[C@@H](C[C@H](N)[C@@H](O)CN1CCC(C)CC1)C(C)C.Cl.Cl. The summed E-state index contributed by atoms with van der Waals surface area (Å²) in [4.78, 5) is 15.3. The number of benzene rings is 1. The summed E-state index contributed by atoms with van der Waals surface area (Å²) in [5.74, 6) is 1.73. The van der Waals surface area contributed by atoms with Crippen molar-refractivity contribution in [3.63, 3.8) is 0 Å². The second-order valence-electron chi connectivity index (χ2n) is 10.2. The maximum atomic E-state index is 12.9. The van der Waals surface area contributed by atoms with Crippen molar-refractivity contribution < 1.29 is 19.4 Å². The molecule has 0 spiro atoms. The number of para-hydroxylation sites is 1. The molecule has 1 aromatic carbocycles. The van der Waals surface area contributed by atoms with Crippen LogP contribution in [0.4, 0.5) is 0 Å². The Morgan fingerprint density at radius 1 is 1.17 bits per heavy atom. The number of likely N-dealkylation sites (tertiary alicyclic amines) is 1. The number of aliphatic hydroxyl groups is 1. The van der Waals surface area contributed by atoms with Gasteiger partial charge < -0.3 is 30.5 Å². The van der Waals surface area contributed by atoms with Crippen LogP contribution in [0, 0.1) is 17.8 Å². The molecule has 3 atom stereocenters. The molecule has 1 heterocycles. The first-order valence-electron chi connectivity index (χ1n) is 13.0. The molecular formula is C27H49Cl2N3O4. The standard InChI is InChI=1S/C27H47N3O4.2ClH/c1-20(2)22(17-24(28)25(31)19-30-13-11-21(3)12-14-30)18-29-27(32)23-9-5-6-10-26(23)34-16-8-7-15-33-4;;/h5-6,9-10,20-22,24-25,31H,7-8,11-19,28H2,1-4H3,(H,29,32);2*1H/t22-,24+,25+;;/m1../s1. The van der Waals surface area contributed by atoms with Gasteiger partial charge in [0.05, 0.1) is 18.3 Å². The number of methoxy groups -OCH3 is 1. The minimum atomic E-state index is -0.558. The molecule has 0 saturated carbocycles. The molecule has 1 saturated heterocycles. The molecule has 9 heteroatoms. The molecule has 7 nitrogen and oxygen atoms in total. The first-order valence-corrected chi connectivity index (χ1v) is 13.0. The molecule has 1 aliphatic heterocycles. The number of hydrogen-bond acceptors (Lipinski definition) is 6. The molecule has 0 bridgehead atoms. The fourth-order valence-electron chi connectivity index (χ4n) is 4.37. The number of amides is 1. The zero-order chi connectivity index (χ0) is 24.9. The molecule has 2 rings (SSSR count). The number of nitrogens with two attached hydrogens (primary N) is 1. The topological polar surface area (TPSA) is 97.0 Å². The van der Waals surface area contributed by atoms with Crippen LogP contribution in [0.3, 0.4) is 0 Å². The number of carbonyl (C=O) groups excluding carboxylic acids is 1. The molecule has 36 heavy (non-hydrogen) atoms. The van der Waals surface area contributed by atoms with Crippen molar-refractivity contribution in [1.29, 1.82) is 0 Å². The Morgan fingerprint density at radius 3 is 2.44 bits per heavy atom. The predicted molar refractivity (Wildman–Crippen MR) is 152 cm³/mol. The zero-order valence-corrected chi connectivity index (χ0v) is 24.1. The van der Waals surface area contributed by atoms with E-state index in [0.29, 0.717) is 50.0 Å². The van der Waals surface area contributed by atoms with Gasteiger partial charge in [0.25, 0.3) is 5.91 Å². The van der Waals surface area contributed by atoms with Gasteiger partial charge in [0, 0.05) is 32.8 Å². The minimum absolute atomic E-state index is 0. The number of halogens is 2. The first kappa shape index (κ1) is 34.9. The summed E-state index contributed by atoms with van der Waals surface area (Å²) in [7, 11) is 1.69. The van der Waals surface area contributed by atoms with E-state index in [2.05, 4.69) is 31.0 Å². The average Bonchev–Trinajstić information content (AvgIpc) is 2.82. The highest BCUT2D eigenvalue weighted by Crippen LogP contribution is 2.22. The molecule has 1 fully saturated rings. The number of β-amino-alcohol motifs (C(OH)–C–C–N with tert-alkyl or cyclic N) is 1. The van der Waals surface area contributed by atoms with E-state index in [1.54, 1.807) is 13.2 Å². The molecule has 0 aliphatic carbocycles. The van der Waals surface area contributed by atoms with Crippen molar-refractivity contribution >= 4 is 30.7 Å². The van der Waals surface area contributed by atoms with Gasteiger partial charge in [-0.05, 0) is 75.1 Å². The summed E-state index contributed by atoms with van der Waals surface area (Å²) in [6.07, 6.45) is 4.26. The van der Waals surface area contributed by atoms with E-state index in [0.717, 1.165) is 31.8 Å². The Balaban J connectivity index is 0.00000612. The van der Waals surface area contributed by atoms with Crippen LogP contribution in [-0.2, 0) is 4.74 Å². The number of aliphatic hydroxyl groups excluding tert-OH is 1. The van der Waals surface area contributed by atoms with Gasteiger partial charge in [0.2, 0.25) is 0 Å². The van der Waals surface area contributed by atoms with E-state index < -0.39 is 6.10 Å². The lowest BCUT2D eigenvalue weighted by Crippen LogP contribution is -2.47. The van der Waals surface area contributed by atoms with E-state index in [9.17, 15) is 9.90 Å². The first-order chi connectivity index (χ1) is 16.3. The lowest BCUT2D eigenvalue weighted by atomic mass is 9.87. The van der Waals surface area contributed by atoms with Crippen LogP contribution >= 0.6 is 24.8 Å². The number of hydrogen-bond donors (Lipinski definition) is 3. The van der Waals surface area contributed by atoms with Crippen LogP contribution in [0.2, 0.25) is 0 Å². The third-order valence-electron chi connectivity index (χ3n) is 6.99. The summed E-state index contributed by atoms with van der Waals surface area (Å²) in [6.45, 7) is 11.0. The van der Waals surface area contributed by atoms with Crippen LogP contribution in [-0.4, -0.2) is 74.6 Å². The molecule has 4 N–H and O–H groups in total. The Kier molecular flexibility index (Phi) is 18.5. The van der Waals surface area contributed by atoms with Crippen molar-refractivity contribution in [2.24, 2.45) is 23.5 Å². The number of unbranched alkanes of at least 4 members (excludes halogenated alkanes) is 1. The average molecular weight is 551 g/mol. The van der Waals surface area contributed by atoms with E-state index in [-0.39, 0.29) is 42.7 Å². The maximum Gasteiger partial charge on any atom is 0.255 e. The smallest absolute Gasteiger partial charge is 0.255 e. The Bertz CT molecular complexity index is 718. The maximum absolute atomic E-state index is 12.9. The normalized spacial score (nSPS) is 17.0. The fourth-order valence-corrected chi connectivity index (χ4v) is 4.37. The highest BCUT2D eigenvalue weighted by atomic mass is 35.5. The van der Waals surface area contributed by atoms with Crippen LogP contribution in [0.5, 0.6) is 5.75 Å². The summed E-state index contributed by atoms with van der Waals surface area (Å²) in [5.41, 5.74) is 6.96. The van der Waals surface area contributed by atoms with Crippen molar-refractivity contribution in [1.82, 2.24) is 10.2 Å². The molecular weight excluding hydrogens is 501 g/mol. The van der Waals surface area contributed by atoms with Crippen LogP contribution < -0.4 is 15.8 Å². The number of ether oxygens (including phenoxy) is 2. The molecule has 0 aromatic heterocycles. The number of nitrogens with zero attached hydrogens (tertiary/aromatic N) is 1. The molecule has 1 aromatic rings. The largest absolute Gasteiger partial charge is 0.493 e. The molecule has 1 aliphatic rings. The second-order valence-corrected chi connectivity index (χ2v) is 10.2. The monoisotopic (exact) mass is 549 g/mol. The Morgan fingerprint density at radius 2 is 1.81 bits per heavy atom. The molecule has 1 amide bonds. The van der Waals surface area contributed by atoms with Gasteiger partial charge >= 0.3 is 0 Å². The molecule has 210 valence electrons. The van der Waals surface area contributed by atoms with Gasteiger partial charge in [-0.25, -0.2) is 0 Å². The number of rotatable bonds is 15. The molecule has 0 unspecified atom stereocenters. The van der Waals surface area contributed by atoms with E-state index >= 15 is 0 Å². The van der Waals surface area contributed by atoms with Gasteiger partial charge in [-0.1, -0.05) is 32.9 Å². The quantitative estimate of drug-likeness (QED) is 0.284. The zero-order valence-electron chi connectivity index (χ0n) is 22.5. The van der Waals surface area contributed by atoms with Crippen molar-refractivity contribution in [3.8, 4) is 5.75 Å². The summed E-state index contributed by atoms with van der Waals surface area (Å²) in [5, 5.41) is 13.8. The minimum Gasteiger partial charge on any atom is -0.493 e. The van der Waals surface area contributed by atoms with Crippen LogP contribution in [0.25, 0.3) is 0 Å². The van der Waals surface area contributed by atoms with E-state index in [4.69, 9.17) is 15.2 Å². The third kappa shape index (κ3) is 12.4. The lowest BCUT2D eigenvalue weighted by molar-refractivity contribution is 0.0653. The predicted octanol–water partition coefficient (Wildman–Crippen LogP) is 4.15. The lowest BCUT2D eigenvalue weighted by Gasteiger charge is -2.34. The number of carbonyl (C=O) groups is 1. The summed E-state index contributed by atoms with van der Waals surface area (Å²) in [6, 6.07) is 7.03. The van der Waals surface area contributed by atoms with Gasteiger partial charge in [-0.3, -0.25) is 4.79 Å². The summed E-state index contributed by atoms with van der Waals surface area (Å²) < 4.78 is 10.9. The summed E-state index contributed by atoms with van der Waals surface area (Å²) >= 11 is 0. The van der Waals surface area contributed by atoms with E-state index in [1.165, 1.54) is 12.8 Å². The fraction of sp³-hybridized carbons (Fsp3) is 0.741. The van der Waals surface area contributed by atoms with Crippen molar-refractivity contribution in [3.05, 3.63) is 29.8 Å². The third-order valence-corrected chi connectivity index (χ3v) is 6.99. The van der Waals surface area contributed by atoms with Crippen molar-refractivity contribution in [2.75, 3.05) is 46.5 Å². The van der Waals surface area contributed by atoms with Gasteiger partial charge in [0.1, 0.15) is 5.75 Å². The Hall–Kier alpha value is -1.09. The number of piperidine rings is 1. The Labute approximate surface area is 230 Å². The highest BCUT2D eigenvalue weighted by Gasteiger charge is 2.26. The highest BCUT2D eigenvalue weighted by molar-refractivity contribution is 5.96. The van der Waals surface area contributed by atoms with Crippen LogP contribution in [0.15, 0.2) is 24.3 Å². The van der Waals surface area contributed by atoms with E-state index in [1.807, 2.05) is 18.2 Å². The second kappa shape index (κ2) is 19.0. The van der Waals surface area contributed by atoms with Gasteiger partial charge in [0.15, 0.2) is 0 Å². The van der Waals surface area contributed by atoms with Crippen LogP contribution in [0.1, 0.15) is 63.2 Å². The number of nitrogens with one attached hydrogen (secondary N) is 1. The van der Waals surface area contributed by atoms with Gasteiger partial charge in [-0.2, -0.15) is 0 Å². The van der Waals surface area contributed by atoms with Gasteiger partial charge in [-0.15, -0.1) is 24.8 Å². The molecule has 0 radical (unpaired) electrons. The van der Waals surface area contributed by atoms with Crippen molar-refractivity contribution in [2.45, 2.75) is 65.0 Å².